The van der Waals surface area contributed by atoms with E-state index in [0.717, 1.165) is 63.2 Å². The smallest absolute Gasteiger partial charge is 0.356 e. The normalized spacial score (nSPS) is 12.7. The SMILES string of the molecule is COC(=O)c1nc(-c2ccc(Cl)cc2)c(-c2cc(=O)oc3c2ccc2ccccc23)c2c1CCC2. The van der Waals surface area contributed by atoms with Crippen LogP contribution in [0.5, 0.6) is 0 Å². The lowest BCUT2D eigenvalue weighted by Crippen LogP contribution is -2.12. The van der Waals surface area contributed by atoms with Gasteiger partial charge in [0.05, 0.1) is 12.8 Å². The minimum absolute atomic E-state index is 0.325. The summed E-state index contributed by atoms with van der Waals surface area (Å²) in [5.41, 5.74) is 5.33. The van der Waals surface area contributed by atoms with E-state index >= 15 is 0 Å². The molecule has 172 valence electrons. The Morgan fingerprint density at radius 3 is 2.54 bits per heavy atom. The second-order valence-electron chi connectivity index (χ2n) is 8.64. The number of carbonyl (C=O) groups is 1. The van der Waals surface area contributed by atoms with Gasteiger partial charge in [-0.05, 0) is 54.0 Å². The standard InChI is InChI=1S/C29H20ClNO4/c1-34-29(33)27-21-8-4-7-20(21)25(26(31-27)17-9-12-18(30)13-10-17)23-15-24(32)35-28-19-6-3-2-5-16(19)11-14-22(23)28/h2-3,5-6,9-15H,4,7-8H2,1H3. The van der Waals surface area contributed by atoms with Gasteiger partial charge in [-0.3, -0.25) is 0 Å². The lowest BCUT2D eigenvalue weighted by Gasteiger charge is -2.18. The maximum Gasteiger partial charge on any atom is 0.356 e. The molecule has 0 saturated carbocycles. The number of carbonyl (C=O) groups excluding carboxylic acids is 1. The maximum atomic E-state index is 12.9. The second-order valence-corrected chi connectivity index (χ2v) is 9.07. The number of fused-ring (bicyclic) bond motifs is 4. The van der Waals surface area contributed by atoms with E-state index in [2.05, 4.69) is 0 Å². The number of rotatable bonds is 3. The fourth-order valence-electron chi connectivity index (χ4n) is 5.13. The molecule has 6 rings (SSSR count). The molecule has 0 N–H and O–H groups in total. The molecule has 0 fully saturated rings. The van der Waals surface area contributed by atoms with Crippen LogP contribution in [0.15, 0.2) is 75.9 Å². The molecule has 0 atom stereocenters. The number of pyridine rings is 1. The number of esters is 1. The third-order valence-corrected chi connectivity index (χ3v) is 6.92. The van der Waals surface area contributed by atoms with Crippen LogP contribution in [0.3, 0.4) is 0 Å². The van der Waals surface area contributed by atoms with Gasteiger partial charge in [-0.15, -0.1) is 0 Å². The number of halogens is 1. The number of nitrogens with zero attached hydrogens (tertiary/aromatic N) is 1. The first-order valence-electron chi connectivity index (χ1n) is 11.4. The molecule has 5 aromatic rings. The van der Waals surface area contributed by atoms with Crippen molar-refractivity contribution in [3.8, 4) is 22.4 Å². The summed E-state index contributed by atoms with van der Waals surface area (Å²) in [6.45, 7) is 0. The molecule has 0 radical (unpaired) electrons. The third-order valence-electron chi connectivity index (χ3n) is 6.67. The highest BCUT2D eigenvalue weighted by atomic mass is 35.5. The van der Waals surface area contributed by atoms with Crippen molar-refractivity contribution in [2.75, 3.05) is 7.11 Å². The molecule has 0 saturated heterocycles. The Bertz CT molecular complexity index is 1700. The molecule has 0 spiro atoms. The van der Waals surface area contributed by atoms with Crippen LogP contribution < -0.4 is 5.63 Å². The fraction of sp³-hybridized carbons (Fsp3) is 0.138. The van der Waals surface area contributed by atoms with Gasteiger partial charge >= 0.3 is 11.6 Å². The Kier molecular flexibility index (Phi) is 5.15. The van der Waals surface area contributed by atoms with Gasteiger partial charge in [0, 0.05) is 38.6 Å². The second kappa shape index (κ2) is 8.36. The molecule has 0 bridgehead atoms. The Labute approximate surface area is 205 Å². The van der Waals surface area contributed by atoms with Crippen LogP contribution in [-0.2, 0) is 17.6 Å². The molecule has 0 amide bonds. The first-order valence-corrected chi connectivity index (χ1v) is 11.8. The minimum atomic E-state index is -0.464. The Hall–Kier alpha value is -3.96. The molecule has 0 unspecified atom stereocenters. The summed E-state index contributed by atoms with van der Waals surface area (Å²) >= 11 is 6.16. The summed E-state index contributed by atoms with van der Waals surface area (Å²) < 4.78 is 10.8. The van der Waals surface area contributed by atoms with Crippen molar-refractivity contribution in [2.45, 2.75) is 19.3 Å². The van der Waals surface area contributed by atoms with E-state index in [1.54, 1.807) is 12.1 Å². The molecular weight excluding hydrogens is 462 g/mol. The highest BCUT2D eigenvalue weighted by Crippen LogP contribution is 2.43. The summed E-state index contributed by atoms with van der Waals surface area (Å²) in [6, 6.07) is 20.7. The van der Waals surface area contributed by atoms with Crippen molar-refractivity contribution < 1.29 is 13.9 Å². The molecule has 1 aliphatic carbocycles. The monoisotopic (exact) mass is 481 g/mol. The summed E-state index contributed by atoms with van der Waals surface area (Å²) in [5, 5.41) is 3.28. The van der Waals surface area contributed by atoms with Gasteiger partial charge in [-0.1, -0.05) is 54.1 Å². The average Bonchev–Trinajstić information content (AvgIpc) is 3.37. The van der Waals surface area contributed by atoms with Crippen LogP contribution in [0.2, 0.25) is 5.02 Å². The molecule has 35 heavy (non-hydrogen) atoms. The number of methoxy groups -OCH3 is 1. The van der Waals surface area contributed by atoms with Crippen LogP contribution in [-0.4, -0.2) is 18.1 Å². The van der Waals surface area contributed by atoms with Gasteiger partial charge in [0.25, 0.3) is 0 Å². The van der Waals surface area contributed by atoms with Crippen LogP contribution in [0.4, 0.5) is 0 Å². The van der Waals surface area contributed by atoms with E-state index in [9.17, 15) is 9.59 Å². The lowest BCUT2D eigenvalue weighted by atomic mass is 9.89. The van der Waals surface area contributed by atoms with Crippen molar-refractivity contribution >= 4 is 39.3 Å². The van der Waals surface area contributed by atoms with Gasteiger partial charge in [0.1, 0.15) is 5.58 Å². The van der Waals surface area contributed by atoms with E-state index in [4.69, 9.17) is 25.7 Å². The average molecular weight is 482 g/mol. The Morgan fingerprint density at radius 1 is 0.971 bits per heavy atom. The van der Waals surface area contributed by atoms with E-state index in [-0.39, 0.29) is 0 Å². The summed E-state index contributed by atoms with van der Waals surface area (Å²) in [4.78, 5) is 30.4. The lowest BCUT2D eigenvalue weighted by molar-refractivity contribution is 0.0593. The van der Waals surface area contributed by atoms with Gasteiger partial charge in [-0.25, -0.2) is 14.6 Å². The van der Waals surface area contributed by atoms with Crippen LogP contribution in [0.25, 0.3) is 44.1 Å². The number of aromatic nitrogens is 1. The van der Waals surface area contributed by atoms with Gasteiger partial charge in [-0.2, -0.15) is 0 Å². The van der Waals surface area contributed by atoms with Crippen LogP contribution in [0.1, 0.15) is 28.0 Å². The van der Waals surface area contributed by atoms with Crippen molar-refractivity contribution in [3.05, 3.63) is 99.0 Å². The zero-order chi connectivity index (χ0) is 24.1. The van der Waals surface area contributed by atoms with E-state index < -0.39 is 11.6 Å². The van der Waals surface area contributed by atoms with Crippen LogP contribution >= 0.6 is 11.6 Å². The molecule has 6 heteroatoms. The van der Waals surface area contributed by atoms with Gasteiger partial charge < -0.3 is 9.15 Å². The van der Waals surface area contributed by atoms with E-state index in [0.29, 0.717) is 22.0 Å². The molecule has 2 aromatic heterocycles. The highest BCUT2D eigenvalue weighted by molar-refractivity contribution is 6.30. The van der Waals surface area contributed by atoms with E-state index in [1.165, 1.54) is 13.2 Å². The number of benzene rings is 3. The Morgan fingerprint density at radius 2 is 1.74 bits per heavy atom. The Balaban J connectivity index is 1.76. The molecule has 5 nitrogen and oxygen atoms in total. The van der Waals surface area contributed by atoms with E-state index in [1.807, 2.05) is 48.5 Å². The zero-order valence-corrected chi connectivity index (χ0v) is 19.7. The molecule has 1 aliphatic rings. The first kappa shape index (κ1) is 21.6. The largest absolute Gasteiger partial charge is 0.464 e. The van der Waals surface area contributed by atoms with Crippen molar-refractivity contribution in [1.82, 2.24) is 4.98 Å². The quantitative estimate of drug-likeness (QED) is 0.165. The van der Waals surface area contributed by atoms with Crippen molar-refractivity contribution in [2.24, 2.45) is 0 Å². The topological polar surface area (TPSA) is 69.4 Å². The highest BCUT2D eigenvalue weighted by Gasteiger charge is 2.29. The molecule has 0 aliphatic heterocycles. The minimum Gasteiger partial charge on any atom is -0.464 e. The molecule has 2 heterocycles. The molecule has 3 aromatic carbocycles. The molecular formula is C29H20ClNO4. The van der Waals surface area contributed by atoms with Gasteiger partial charge in [0.2, 0.25) is 0 Å². The summed E-state index contributed by atoms with van der Waals surface area (Å²) in [5.74, 6) is -0.464. The zero-order valence-electron chi connectivity index (χ0n) is 18.9. The van der Waals surface area contributed by atoms with Crippen molar-refractivity contribution in [1.29, 1.82) is 0 Å². The van der Waals surface area contributed by atoms with Gasteiger partial charge in [0.15, 0.2) is 5.69 Å². The van der Waals surface area contributed by atoms with Crippen molar-refractivity contribution in [3.63, 3.8) is 0 Å². The maximum absolute atomic E-state index is 12.9. The number of hydrogen-bond donors (Lipinski definition) is 0. The predicted molar refractivity (Wildman–Crippen MR) is 137 cm³/mol. The summed E-state index contributed by atoms with van der Waals surface area (Å²) in [6.07, 6.45) is 2.39. The number of hydrogen-bond acceptors (Lipinski definition) is 5. The third kappa shape index (κ3) is 3.51. The fourth-order valence-corrected chi connectivity index (χ4v) is 5.25. The van der Waals surface area contributed by atoms with Crippen LogP contribution in [0, 0.1) is 0 Å². The first-order chi connectivity index (χ1) is 17.0. The summed E-state index contributed by atoms with van der Waals surface area (Å²) in [7, 11) is 1.36. The number of ether oxygens (including phenoxy) is 1. The predicted octanol–water partition coefficient (Wildman–Crippen LogP) is 6.60.